The van der Waals surface area contributed by atoms with Crippen molar-refractivity contribution in [3.63, 3.8) is 0 Å². The maximum absolute atomic E-state index is 9.06. The lowest BCUT2D eigenvalue weighted by molar-refractivity contribution is 0.238. The predicted molar refractivity (Wildman–Crippen MR) is 68.8 cm³/mol. The first-order chi connectivity index (χ1) is 8.18. The monoisotopic (exact) mass is 229 g/mol. The van der Waals surface area contributed by atoms with Gasteiger partial charge in [0.15, 0.2) is 5.69 Å². The average molecular weight is 229 g/mol. The second-order valence-electron chi connectivity index (χ2n) is 5.13. The second-order valence-corrected chi connectivity index (χ2v) is 5.13. The van der Waals surface area contributed by atoms with Gasteiger partial charge in [-0.3, -0.25) is 0 Å². The summed E-state index contributed by atoms with van der Waals surface area (Å²) in [7, 11) is 0. The number of nitrogens with zero attached hydrogens (tertiary/aromatic N) is 3. The van der Waals surface area contributed by atoms with Gasteiger partial charge in [-0.2, -0.15) is 5.26 Å². The molecule has 0 spiro atoms. The van der Waals surface area contributed by atoms with Crippen molar-refractivity contribution in [1.29, 1.82) is 5.26 Å². The summed E-state index contributed by atoms with van der Waals surface area (Å²) in [5, 5.41) is 9.06. The van der Waals surface area contributed by atoms with Crippen LogP contribution in [0.25, 0.3) is 0 Å². The van der Waals surface area contributed by atoms with Gasteiger partial charge in [-0.25, -0.2) is 4.98 Å². The zero-order valence-electron chi connectivity index (χ0n) is 10.6. The van der Waals surface area contributed by atoms with Crippen molar-refractivity contribution in [3.05, 3.63) is 24.0 Å². The second kappa shape index (κ2) is 4.75. The molecular formula is C14H19N3. The molecule has 0 bridgehead atoms. The standard InChI is InChI=1S/C14H19N3/c1-3-14(2)6-9-17(10-7-14)13-5-4-8-16-12(13)11-15/h4-5,8H,3,6-7,9-10H2,1-2H3. The molecule has 0 aliphatic carbocycles. The largest absolute Gasteiger partial charge is 0.369 e. The normalized spacial score (nSPS) is 18.8. The van der Waals surface area contributed by atoms with Crippen molar-refractivity contribution in [2.24, 2.45) is 5.41 Å². The first-order valence-electron chi connectivity index (χ1n) is 6.28. The van der Waals surface area contributed by atoms with Crippen LogP contribution in [-0.4, -0.2) is 18.1 Å². The van der Waals surface area contributed by atoms with Crippen molar-refractivity contribution in [2.75, 3.05) is 18.0 Å². The molecule has 1 aliphatic heterocycles. The summed E-state index contributed by atoms with van der Waals surface area (Å²) < 4.78 is 0. The van der Waals surface area contributed by atoms with Crippen LogP contribution in [0.5, 0.6) is 0 Å². The molecule has 2 rings (SSSR count). The Morgan fingerprint density at radius 3 is 2.76 bits per heavy atom. The maximum Gasteiger partial charge on any atom is 0.163 e. The minimum Gasteiger partial charge on any atom is -0.369 e. The Balaban J connectivity index is 2.14. The van der Waals surface area contributed by atoms with Gasteiger partial charge < -0.3 is 4.90 Å². The van der Waals surface area contributed by atoms with Crippen molar-refractivity contribution < 1.29 is 0 Å². The summed E-state index contributed by atoms with van der Waals surface area (Å²) in [5.74, 6) is 0. The Labute approximate surface area is 103 Å². The van der Waals surface area contributed by atoms with E-state index in [1.807, 2.05) is 12.1 Å². The quantitative estimate of drug-likeness (QED) is 0.782. The summed E-state index contributed by atoms with van der Waals surface area (Å²) in [6.45, 7) is 6.69. The Morgan fingerprint density at radius 2 is 2.18 bits per heavy atom. The van der Waals surface area contributed by atoms with E-state index in [0.717, 1.165) is 18.8 Å². The third-order valence-corrected chi connectivity index (χ3v) is 4.06. The highest BCUT2D eigenvalue weighted by Gasteiger charge is 2.29. The molecule has 17 heavy (non-hydrogen) atoms. The lowest BCUT2D eigenvalue weighted by atomic mass is 9.78. The number of hydrogen-bond acceptors (Lipinski definition) is 3. The van der Waals surface area contributed by atoms with Crippen molar-refractivity contribution in [1.82, 2.24) is 4.98 Å². The van der Waals surface area contributed by atoms with E-state index in [9.17, 15) is 0 Å². The topological polar surface area (TPSA) is 39.9 Å². The number of rotatable bonds is 2. The number of piperidine rings is 1. The molecule has 1 aromatic rings. The van der Waals surface area contributed by atoms with Crippen molar-refractivity contribution >= 4 is 5.69 Å². The van der Waals surface area contributed by atoms with E-state index >= 15 is 0 Å². The summed E-state index contributed by atoms with van der Waals surface area (Å²) in [5.41, 5.74) is 2.02. The van der Waals surface area contributed by atoms with Gasteiger partial charge in [0.1, 0.15) is 6.07 Å². The van der Waals surface area contributed by atoms with Gasteiger partial charge >= 0.3 is 0 Å². The molecule has 3 nitrogen and oxygen atoms in total. The third kappa shape index (κ3) is 2.41. The molecule has 2 heterocycles. The van der Waals surface area contributed by atoms with Gasteiger partial charge in [-0.15, -0.1) is 0 Å². The SMILES string of the molecule is CCC1(C)CCN(c2cccnc2C#N)CC1. The number of hydrogen-bond donors (Lipinski definition) is 0. The van der Waals surface area contributed by atoms with Crippen LogP contribution in [0.4, 0.5) is 5.69 Å². The highest BCUT2D eigenvalue weighted by Crippen LogP contribution is 2.35. The first-order valence-corrected chi connectivity index (χ1v) is 6.28. The van der Waals surface area contributed by atoms with Gasteiger partial charge in [0.25, 0.3) is 0 Å². The lowest BCUT2D eigenvalue weighted by Gasteiger charge is -2.40. The lowest BCUT2D eigenvalue weighted by Crippen LogP contribution is -2.38. The van der Waals surface area contributed by atoms with E-state index in [1.54, 1.807) is 6.20 Å². The van der Waals surface area contributed by atoms with Crippen LogP contribution in [-0.2, 0) is 0 Å². The van der Waals surface area contributed by atoms with Gasteiger partial charge in [0, 0.05) is 19.3 Å². The Bertz CT molecular complexity index is 425. The molecule has 0 saturated carbocycles. The first kappa shape index (κ1) is 11.9. The highest BCUT2D eigenvalue weighted by molar-refractivity contribution is 5.55. The fourth-order valence-electron chi connectivity index (χ4n) is 2.38. The molecule has 1 saturated heterocycles. The molecule has 0 N–H and O–H groups in total. The van der Waals surface area contributed by atoms with E-state index in [2.05, 4.69) is 29.8 Å². The van der Waals surface area contributed by atoms with E-state index < -0.39 is 0 Å². The molecule has 0 amide bonds. The van der Waals surface area contributed by atoms with E-state index in [-0.39, 0.29) is 0 Å². The van der Waals surface area contributed by atoms with E-state index in [1.165, 1.54) is 19.3 Å². The summed E-state index contributed by atoms with van der Waals surface area (Å²) in [6, 6.07) is 6.08. The smallest absolute Gasteiger partial charge is 0.163 e. The maximum atomic E-state index is 9.06. The Morgan fingerprint density at radius 1 is 1.47 bits per heavy atom. The van der Waals surface area contributed by atoms with Gasteiger partial charge in [0.05, 0.1) is 5.69 Å². The summed E-state index contributed by atoms with van der Waals surface area (Å²) in [6.07, 6.45) is 5.31. The zero-order valence-corrected chi connectivity index (χ0v) is 10.6. The summed E-state index contributed by atoms with van der Waals surface area (Å²) >= 11 is 0. The van der Waals surface area contributed by atoms with Gasteiger partial charge in [-0.1, -0.05) is 20.3 Å². The highest BCUT2D eigenvalue weighted by atomic mass is 15.1. The van der Waals surface area contributed by atoms with Gasteiger partial charge in [0.2, 0.25) is 0 Å². The fourth-order valence-corrected chi connectivity index (χ4v) is 2.38. The molecular weight excluding hydrogens is 210 g/mol. The summed E-state index contributed by atoms with van der Waals surface area (Å²) in [4.78, 5) is 6.42. The molecule has 3 heteroatoms. The van der Waals surface area contributed by atoms with Crippen LogP contribution < -0.4 is 4.90 Å². The molecule has 0 unspecified atom stereocenters. The van der Waals surface area contributed by atoms with Crippen LogP contribution in [0.3, 0.4) is 0 Å². The minimum absolute atomic E-state index is 0.478. The average Bonchev–Trinajstić information content (AvgIpc) is 2.40. The van der Waals surface area contributed by atoms with Crippen LogP contribution >= 0.6 is 0 Å². The third-order valence-electron chi connectivity index (χ3n) is 4.06. The molecule has 1 aromatic heterocycles. The number of nitriles is 1. The van der Waals surface area contributed by atoms with Crippen molar-refractivity contribution in [2.45, 2.75) is 33.1 Å². The zero-order chi connectivity index (χ0) is 12.3. The molecule has 1 fully saturated rings. The number of aromatic nitrogens is 1. The van der Waals surface area contributed by atoms with Crippen LogP contribution in [0.15, 0.2) is 18.3 Å². The predicted octanol–water partition coefficient (Wildman–Crippen LogP) is 2.97. The fraction of sp³-hybridized carbons (Fsp3) is 0.571. The molecule has 0 atom stereocenters. The molecule has 1 aliphatic rings. The Kier molecular flexibility index (Phi) is 3.33. The Hall–Kier alpha value is -1.56. The molecule has 0 radical (unpaired) electrons. The van der Waals surface area contributed by atoms with Crippen LogP contribution in [0.2, 0.25) is 0 Å². The van der Waals surface area contributed by atoms with Gasteiger partial charge in [-0.05, 0) is 30.4 Å². The van der Waals surface area contributed by atoms with Crippen molar-refractivity contribution in [3.8, 4) is 6.07 Å². The van der Waals surface area contributed by atoms with Crippen LogP contribution in [0.1, 0.15) is 38.8 Å². The van der Waals surface area contributed by atoms with E-state index in [4.69, 9.17) is 5.26 Å². The number of anilines is 1. The molecule has 0 aromatic carbocycles. The number of pyridine rings is 1. The van der Waals surface area contributed by atoms with E-state index in [0.29, 0.717) is 11.1 Å². The van der Waals surface area contributed by atoms with Crippen LogP contribution in [0, 0.1) is 16.7 Å². The molecule has 90 valence electrons. The minimum atomic E-state index is 0.478.